The molecule has 20 heavy (non-hydrogen) atoms. The maximum absolute atomic E-state index is 12.9. The molecule has 0 fully saturated rings. The van der Waals surface area contributed by atoms with Gasteiger partial charge >= 0.3 is 29.9 Å². The highest BCUT2D eigenvalue weighted by Gasteiger charge is 2.90. The van der Waals surface area contributed by atoms with Crippen LogP contribution in [0.5, 0.6) is 0 Å². The van der Waals surface area contributed by atoms with Gasteiger partial charge in [-0.15, -0.1) is 0 Å². The van der Waals surface area contributed by atoms with Gasteiger partial charge in [-0.2, -0.15) is 48.3 Å². The van der Waals surface area contributed by atoms with Crippen molar-refractivity contribution in [3.63, 3.8) is 0 Å². The summed E-state index contributed by atoms with van der Waals surface area (Å²) in [6, 6.07) is 0. The molecule has 0 radical (unpaired) electrons. The minimum absolute atomic E-state index is 0.355. The van der Waals surface area contributed by atoms with E-state index in [1.807, 2.05) is 6.58 Å². The van der Waals surface area contributed by atoms with E-state index >= 15 is 0 Å². The Bertz CT molecular complexity index is 404. The summed E-state index contributed by atoms with van der Waals surface area (Å²) in [5, 5.41) is 0. The average molecular weight is 326 g/mol. The number of hydrogen-bond donors (Lipinski definition) is 0. The van der Waals surface area contributed by atoms with Crippen molar-refractivity contribution in [3.8, 4) is 0 Å². The Morgan fingerprint density at radius 1 is 0.700 bits per heavy atom. The molecule has 0 spiro atoms. The van der Waals surface area contributed by atoms with Gasteiger partial charge in [0.2, 0.25) is 5.83 Å². The predicted octanol–water partition coefficient (Wildman–Crippen LogP) is 4.73. The number of hydrogen-bond acceptors (Lipinski definition) is 0. The van der Waals surface area contributed by atoms with Gasteiger partial charge in [-0.05, 0) is 0 Å². The second kappa shape index (κ2) is 4.61. The Morgan fingerprint density at radius 2 is 1.00 bits per heavy atom. The van der Waals surface area contributed by atoms with Crippen molar-refractivity contribution in [1.82, 2.24) is 0 Å². The number of rotatable bonds is 3. The third-order valence-electron chi connectivity index (χ3n) is 2.04. The fraction of sp³-hybridized carbons (Fsp3) is 0.625. The first-order chi connectivity index (χ1) is 8.48. The summed E-state index contributed by atoms with van der Waals surface area (Å²) in [6.07, 6.45) is -15.0. The summed E-state index contributed by atoms with van der Waals surface area (Å²) < 4.78 is 148. The van der Waals surface area contributed by atoms with Gasteiger partial charge in [-0.3, -0.25) is 0 Å². The van der Waals surface area contributed by atoms with Crippen LogP contribution in [0.3, 0.4) is 0 Å². The van der Waals surface area contributed by atoms with Crippen LogP contribution in [0.15, 0.2) is 18.1 Å². The molecular formula is C8H2F12. The molecule has 0 saturated heterocycles. The van der Waals surface area contributed by atoms with Gasteiger partial charge in [0.25, 0.3) is 0 Å². The Morgan fingerprint density at radius 3 is 1.20 bits per heavy atom. The van der Waals surface area contributed by atoms with E-state index in [2.05, 4.69) is 0 Å². The molecule has 0 amide bonds. The molecule has 0 bridgehead atoms. The Kier molecular flexibility index (Phi) is 4.30. The molecule has 0 aliphatic heterocycles. The molecule has 12 heteroatoms. The first-order valence-corrected chi connectivity index (χ1v) is 4.12. The van der Waals surface area contributed by atoms with Crippen LogP contribution in [0.2, 0.25) is 0 Å². The van der Waals surface area contributed by atoms with Gasteiger partial charge in [-0.25, -0.2) is 4.39 Å². The molecule has 0 unspecified atom stereocenters. The van der Waals surface area contributed by atoms with E-state index in [0.29, 0.717) is 5.73 Å². The van der Waals surface area contributed by atoms with Gasteiger partial charge < -0.3 is 0 Å². The summed E-state index contributed by atoms with van der Waals surface area (Å²) in [5.41, 5.74) is -7.32. The molecule has 0 N–H and O–H groups in total. The molecule has 0 aromatic rings. The van der Waals surface area contributed by atoms with E-state index in [9.17, 15) is 52.7 Å². The Labute approximate surface area is 102 Å². The van der Waals surface area contributed by atoms with Crippen molar-refractivity contribution < 1.29 is 52.7 Å². The molecule has 0 nitrogen and oxygen atoms in total. The molecule has 118 valence electrons. The van der Waals surface area contributed by atoms with E-state index in [-0.39, 0.29) is 0 Å². The molecule has 0 atom stereocenters. The largest absolute Gasteiger partial charge is 0.438 e. The van der Waals surface area contributed by atoms with E-state index < -0.39 is 35.7 Å². The summed E-state index contributed by atoms with van der Waals surface area (Å²) in [6.45, 7) is 2.01. The number of alkyl halides is 11. The first kappa shape index (κ1) is 18.7. The second-order valence-electron chi connectivity index (χ2n) is 3.29. The van der Waals surface area contributed by atoms with Crippen LogP contribution in [0.1, 0.15) is 0 Å². The zero-order valence-corrected chi connectivity index (χ0v) is 8.74. The summed E-state index contributed by atoms with van der Waals surface area (Å²) in [5.74, 6) is -17.9. The highest BCUT2D eigenvalue weighted by Crippen LogP contribution is 2.60. The van der Waals surface area contributed by atoms with Crippen LogP contribution in [0.4, 0.5) is 52.7 Å². The van der Waals surface area contributed by atoms with Gasteiger partial charge in [0.05, 0.1) is 0 Å². The topological polar surface area (TPSA) is 0 Å². The number of allylic oxidation sites excluding steroid dienone is 1. The van der Waals surface area contributed by atoms with Crippen molar-refractivity contribution in [2.45, 2.75) is 29.9 Å². The highest BCUT2D eigenvalue weighted by atomic mass is 19.4. The summed E-state index contributed by atoms with van der Waals surface area (Å²) >= 11 is 0. The van der Waals surface area contributed by atoms with Crippen LogP contribution in [-0.4, -0.2) is 29.9 Å². The minimum Gasteiger partial charge on any atom is -0.216 e. The average Bonchev–Trinajstić information content (AvgIpc) is 2.22. The van der Waals surface area contributed by atoms with Crippen LogP contribution in [0.25, 0.3) is 0 Å². The van der Waals surface area contributed by atoms with Crippen molar-refractivity contribution in [3.05, 3.63) is 18.1 Å². The predicted molar refractivity (Wildman–Crippen MR) is 39.6 cm³/mol. The molecule has 0 saturated carbocycles. The lowest BCUT2D eigenvalue weighted by molar-refractivity contribution is -0.423. The van der Waals surface area contributed by atoms with Crippen molar-refractivity contribution in [2.75, 3.05) is 0 Å². The van der Waals surface area contributed by atoms with Crippen molar-refractivity contribution in [2.24, 2.45) is 0 Å². The fourth-order valence-electron chi connectivity index (χ4n) is 0.982. The third-order valence-corrected chi connectivity index (χ3v) is 2.04. The number of halogens is 12. The Hall–Kier alpha value is -1.32. The maximum Gasteiger partial charge on any atom is 0.438 e. The Balaban J connectivity index is 6.44. The van der Waals surface area contributed by atoms with Gasteiger partial charge in [0.15, 0.2) is 0 Å². The normalized spacial score (nSPS) is 15.0. The smallest absolute Gasteiger partial charge is 0.216 e. The fourth-order valence-corrected chi connectivity index (χ4v) is 0.982. The lowest BCUT2D eigenvalue weighted by Gasteiger charge is -2.38. The van der Waals surface area contributed by atoms with Gasteiger partial charge in [-0.1, -0.05) is 12.3 Å². The second-order valence-corrected chi connectivity index (χ2v) is 3.29. The quantitative estimate of drug-likeness (QED) is 0.520. The van der Waals surface area contributed by atoms with Crippen LogP contribution in [-0.2, 0) is 0 Å². The molecule has 0 aromatic carbocycles. The van der Waals surface area contributed by atoms with E-state index in [4.69, 9.17) is 0 Å². The lowest BCUT2D eigenvalue weighted by atomic mass is 9.90. The first-order valence-electron chi connectivity index (χ1n) is 4.12. The zero-order chi connectivity index (χ0) is 16.8. The molecule has 0 aliphatic rings. The maximum atomic E-state index is 12.9. The minimum atomic E-state index is -7.68. The molecule has 0 rings (SSSR count). The molecule has 0 aromatic heterocycles. The molecular weight excluding hydrogens is 324 g/mol. The van der Waals surface area contributed by atoms with E-state index in [1.165, 1.54) is 0 Å². The monoisotopic (exact) mass is 326 g/mol. The highest BCUT2D eigenvalue weighted by molar-refractivity contribution is 5.19. The van der Waals surface area contributed by atoms with E-state index in [0.717, 1.165) is 0 Å². The van der Waals surface area contributed by atoms with Crippen molar-refractivity contribution >= 4 is 0 Å². The van der Waals surface area contributed by atoms with Gasteiger partial charge in [0, 0.05) is 0 Å². The molecule has 0 aliphatic carbocycles. The lowest BCUT2D eigenvalue weighted by Crippen LogP contribution is -2.70. The summed E-state index contributed by atoms with van der Waals surface area (Å²) in [4.78, 5) is 0. The van der Waals surface area contributed by atoms with Crippen LogP contribution < -0.4 is 0 Å². The summed E-state index contributed by atoms with van der Waals surface area (Å²) in [7, 11) is 0. The van der Waals surface area contributed by atoms with Crippen LogP contribution in [0, 0.1) is 0 Å². The molecule has 0 heterocycles. The third kappa shape index (κ3) is 2.25. The standard InChI is InChI=1S/C8H2F12/c1-2-3(9)4(10,11)6(13,14)5(12,7(15,16)17)8(18,19)20/h1H2. The van der Waals surface area contributed by atoms with Crippen LogP contribution >= 0.6 is 0 Å². The van der Waals surface area contributed by atoms with Crippen molar-refractivity contribution in [1.29, 1.82) is 0 Å². The van der Waals surface area contributed by atoms with Gasteiger partial charge in [0.1, 0.15) is 0 Å². The SMILES string of the molecule is C=C=C(F)C(F)(F)C(F)(F)C(F)(C(F)(F)F)C(F)(F)F. The zero-order valence-electron chi connectivity index (χ0n) is 8.74. The van der Waals surface area contributed by atoms with E-state index in [1.54, 1.807) is 0 Å².